The van der Waals surface area contributed by atoms with E-state index in [0.717, 1.165) is 0 Å². The first-order valence-electron chi connectivity index (χ1n) is 6.47. The first kappa shape index (κ1) is 16.4. The van der Waals surface area contributed by atoms with Crippen LogP contribution in [0, 0.1) is 11.2 Å². The molecule has 0 heterocycles. The second-order valence-corrected chi connectivity index (χ2v) is 5.53. The van der Waals surface area contributed by atoms with Crippen LogP contribution in [0.5, 0.6) is 0 Å². The number of aliphatic hydroxyl groups is 1. The molecule has 5 nitrogen and oxygen atoms in total. The van der Waals surface area contributed by atoms with Crippen molar-refractivity contribution in [2.24, 2.45) is 16.3 Å². The van der Waals surface area contributed by atoms with Crippen molar-refractivity contribution >= 4 is 5.84 Å². The summed E-state index contributed by atoms with van der Waals surface area (Å²) in [6.07, 6.45) is 0.685. The second kappa shape index (κ2) is 7.21. The number of hydrogen-bond acceptors (Lipinski definition) is 4. The molecule has 0 unspecified atom stereocenters. The Morgan fingerprint density at radius 3 is 2.70 bits per heavy atom. The van der Waals surface area contributed by atoms with Crippen LogP contribution in [0.3, 0.4) is 0 Å². The highest BCUT2D eigenvalue weighted by atomic mass is 19.1. The van der Waals surface area contributed by atoms with Gasteiger partial charge in [-0.15, -0.1) is 0 Å². The van der Waals surface area contributed by atoms with Gasteiger partial charge in [0.15, 0.2) is 5.84 Å². The fourth-order valence-electron chi connectivity index (χ4n) is 1.83. The molecule has 5 N–H and O–H groups in total. The van der Waals surface area contributed by atoms with E-state index < -0.39 is 5.82 Å². The summed E-state index contributed by atoms with van der Waals surface area (Å²) in [6.45, 7) is 5.27. The summed E-state index contributed by atoms with van der Waals surface area (Å²) >= 11 is 0. The van der Waals surface area contributed by atoms with Crippen LogP contribution in [0.4, 0.5) is 4.39 Å². The number of nitrogens with zero attached hydrogens (tertiary/aromatic N) is 1. The second-order valence-electron chi connectivity index (χ2n) is 5.53. The molecule has 1 aromatic rings. The normalized spacial score (nSPS) is 12.7. The smallest absolute Gasteiger partial charge is 0.170 e. The number of hydrogen-bond donors (Lipinski definition) is 4. The third kappa shape index (κ3) is 4.79. The third-order valence-corrected chi connectivity index (χ3v) is 3.16. The highest BCUT2D eigenvalue weighted by molar-refractivity contribution is 5.97. The monoisotopic (exact) mass is 283 g/mol. The summed E-state index contributed by atoms with van der Waals surface area (Å²) in [6, 6.07) is 4.45. The van der Waals surface area contributed by atoms with Gasteiger partial charge in [0.2, 0.25) is 0 Å². The van der Waals surface area contributed by atoms with Gasteiger partial charge >= 0.3 is 0 Å². The molecular weight excluding hydrogens is 261 g/mol. The van der Waals surface area contributed by atoms with Crippen LogP contribution in [0.2, 0.25) is 0 Å². The Balaban J connectivity index is 2.62. The quantitative estimate of drug-likeness (QED) is 0.264. The van der Waals surface area contributed by atoms with Crippen molar-refractivity contribution in [3.63, 3.8) is 0 Å². The minimum absolute atomic E-state index is 0.0425. The van der Waals surface area contributed by atoms with E-state index in [1.165, 1.54) is 6.07 Å². The third-order valence-electron chi connectivity index (χ3n) is 3.16. The molecule has 20 heavy (non-hydrogen) atoms. The Bertz CT molecular complexity index is 475. The average Bonchev–Trinajstić information content (AvgIpc) is 2.39. The Kier molecular flexibility index (Phi) is 5.91. The van der Waals surface area contributed by atoms with Crippen molar-refractivity contribution in [1.82, 2.24) is 5.32 Å². The van der Waals surface area contributed by atoms with Crippen molar-refractivity contribution in [3.05, 3.63) is 35.1 Å². The predicted molar refractivity (Wildman–Crippen MR) is 76.1 cm³/mol. The molecule has 0 spiro atoms. The number of nitrogens with two attached hydrogens (primary N) is 1. The molecule has 0 aliphatic heterocycles. The Morgan fingerprint density at radius 2 is 2.15 bits per heavy atom. The van der Waals surface area contributed by atoms with Crippen molar-refractivity contribution in [2.45, 2.75) is 26.8 Å². The molecular formula is C14H22FN3O2. The molecule has 0 fully saturated rings. The number of nitrogens with one attached hydrogen (secondary N) is 1. The van der Waals surface area contributed by atoms with Crippen LogP contribution in [-0.2, 0) is 6.54 Å². The van der Waals surface area contributed by atoms with Crippen molar-refractivity contribution in [2.75, 3.05) is 13.2 Å². The molecule has 0 saturated carbocycles. The number of rotatable bonds is 7. The first-order valence-corrected chi connectivity index (χ1v) is 6.47. The van der Waals surface area contributed by atoms with Crippen LogP contribution in [0.1, 0.15) is 31.4 Å². The first-order chi connectivity index (χ1) is 9.39. The zero-order valence-electron chi connectivity index (χ0n) is 11.9. The van der Waals surface area contributed by atoms with E-state index in [2.05, 4.69) is 10.5 Å². The summed E-state index contributed by atoms with van der Waals surface area (Å²) in [7, 11) is 0. The molecule has 112 valence electrons. The minimum atomic E-state index is -0.401. The van der Waals surface area contributed by atoms with Crippen LogP contribution in [0.15, 0.2) is 23.4 Å². The van der Waals surface area contributed by atoms with Crippen LogP contribution >= 0.6 is 0 Å². The standard InChI is InChI=1S/C14H22FN3O2/c1-14(2,5-6-19)9-17-8-11-4-3-10(7-12(11)15)13(16)18-20/h3-4,7,17,19-20H,5-6,8-9H2,1-2H3,(H2,16,18). The highest BCUT2D eigenvalue weighted by Crippen LogP contribution is 2.18. The number of oxime groups is 1. The summed E-state index contributed by atoms with van der Waals surface area (Å²) in [5, 5.41) is 23.5. The van der Waals surface area contributed by atoms with Gasteiger partial charge in [-0.2, -0.15) is 0 Å². The number of benzene rings is 1. The molecule has 0 amide bonds. The van der Waals surface area contributed by atoms with Gasteiger partial charge in [0.25, 0.3) is 0 Å². The highest BCUT2D eigenvalue weighted by Gasteiger charge is 2.16. The number of amidine groups is 1. The zero-order chi connectivity index (χ0) is 15.2. The molecule has 0 radical (unpaired) electrons. The molecule has 0 aliphatic rings. The predicted octanol–water partition coefficient (Wildman–Crippen LogP) is 1.42. The van der Waals surface area contributed by atoms with E-state index in [1.54, 1.807) is 12.1 Å². The lowest BCUT2D eigenvalue weighted by Crippen LogP contribution is -2.30. The molecule has 0 bridgehead atoms. The Labute approximate surface area is 118 Å². The Morgan fingerprint density at radius 1 is 1.45 bits per heavy atom. The minimum Gasteiger partial charge on any atom is -0.409 e. The molecule has 0 saturated heterocycles. The van der Waals surface area contributed by atoms with E-state index in [1.807, 2.05) is 13.8 Å². The summed E-state index contributed by atoms with van der Waals surface area (Å²) in [5.74, 6) is -0.519. The summed E-state index contributed by atoms with van der Waals surface area (Å²) in [5.41, 5.74) is 6.21. The molecule has 0 aromatic heterocycles. The van der Waals surface area contributed by atoms with Gasteiger partial charge in [-0.25, -0.2) is 4.39 Å². The maximum atomic E-state index is 13.8. The maximum Gasteiger partial charge on any atom is 0.170 e. The van der Waals surface area contributed by atoms with Crippen molar-refractivity contribution in [1.29, 1.82) is 0 Å². The fraction of sp³-hybridized carbons (Fsp3) is 0.500. The summed E-state index contributed by atoms with van der Waals surface area (Å²) < 4.78 is 13.8. The van der Waals surface area contributed by atoms with E-state index in [-0.39, 0.29) is 17.9 Å². The summed E-state index contributed by atoms with van der Waals surface area (Å²) in [4.78, 5) is 0. The van der Waals surface area contributed by atoms with Crippen LogP contribution < -0.4 is 11.1 Å². The zero-order valence-corrected chi connectivity index (χ0v) is 11.9. The van der Waals surface area contributed by atoms with Crippen molar-refractivity contribution < 1.29 is 14.7 Å². The maximum absolute atomic E-state index is 13.8. The lowest BCUT2D eigenvalue weighted by Gasteiger charge is -2.24. The van der Waals surface area contributed by atoms with Gasteiger partial charge in [0.05, 0.1) is 0 Å². The lowest BCUT2D eigenvalue weighted by molar-refractivity contribution is 0.207. The van der Waals surface area contributed by atoms with Crippen LogP contribution in [0.25, 0.3) is 0 Å². The number of halogens is 1. The fourth-order valence-corrected chi connectivity index (χ4v) is 1.83. The van der Waals surface area contributed by atoms with E-state index in [0.29, 0.717) is 30.6 Å². The average molecular weight is 283 g/mol. The van der Waals surface area contributed by atoms with Gasteiger partial charge in [0.1, 0.15) is 5.82 Å². The van der Waals surface area contributed by atoms with Gasteiger partial charge in [0, 0.05) is 30.8 Å². The molecule has 1 rings (SSSR count). The van der Waals surface area contributed by atoms with E-state index in [4.69, 9.17) is 16.0 Å². The molecule has 0 aliphatic carbocycles. The Hall–Kier alpha value is -1.66. The number of aliphatic hydroxyl groups excluding tert-OH is 1. The van der Waals surface area contributed by atoms with Crippen LogP contribution in [-0.4, -0.2) is 29.3 Å². The van der Waals surface area contributed by atoms with E-state index in [9.17, 15) is 4.39 Å². The van der Waals surface area contributed by atoms with Gasteiger partial charge in [-0.3, -0.25) is 0 Å². The molecule has 6 heteroatoms. The van der Waals surface area contributed by atoms with E-state index >= 15 is 0 Å². The van der Waals surface area contributed by atoms with Gasteiger partial charge in [-0.05, 0) is 17.9 Å². The van der Waals surface area contributed by atoms with Gasteiger partial charge < -0.3 is 21.4 Å². The SMILES string of the molecule is CC(C)(CCO)CNCc1ccc(/C(N)=N/O)cc1F. The molecule has 0 atom stereocenters. The lowest BCUT2D eigenvalue weighted by atomic mass is 9.90. The topological polar surface area (TPSA) is 90.9 Å². The molecule has 1 aromatic carbocycles. The van der Waals surface area contributed by atoms with Gasteiger partial charge in [-0.1, -0.05) is 31.1 Å². The largest absolute Gasteiger partial charge is 0.409 e. The van der Waals surface area contributed by atoms with Crippen molar-refractivity contribution in [3.8, 4) is 0 Å².